The highest BCUT2D eigenvalue weighted by atomic mass is 16.7. The lowest BCUT2D eigenvalue weighted by atomic mass is 9.90. The van der Waals surface area contributed by atoms with Crippen molar-refractivity contribution in [1.29, 1.82) is 0 Å². The number of fused-ring (bicyclic) bond motifs is 1. The molecule has 0 aliphatic carbocycles. The van der Waals surface area contributed by atoms with Crippen LogP contribution >= 0.6 is 0 Å². The Bertz CT molecular complexity index is 834. The summed E-state index contributed by atoms with van der Waals surface area (Å²) in [6.45, 7) is 6.44. The van der Waals surface area contributed by atoms with Gasteiger partial charge in [0.25, 0.3) is 0 Å². The van der Waals surface area contributed by atoms with Gasteiger partial charge < -0.3 is 23.7 Å². The lowest BCUT2D eigenvalue weighted by molar-refractivity contribution is -0.0361. The number of methoxy groups -OCH3 is 1. The minimum absolute atomic E-state index is 0.181. The predicted molar refractivity (Wildman–Crippen MR) is 99.1 cm³/mol. The molecule has 7 heteroatoms. The average Bonchev–Trinajstić information content (AvgIpc) is 3.28. The third kappa shape index (κ3) is 3.49. The van der Waals surface area contributed by atoms with Crippen molar-refractivity contribution in [3.63, 3.8) is 0 Å². The Morgan fingerprint density at radius 3 is 2.96 bits per heavy atom. The quantitative estimate of drug-likeness (QED) is 0.861. The molecule has 1 atom stereocenters. The molecule has 1 fully saturated rings. The van der Waals surface area contributed by atoms with Gasteiger partial charge in [0.05, 0.1) is 18.4 Å². The summed E-state index contributed by atoms with van der Waals surface area (Å²) in [7, 11) is 1.60. The van der Waals surface area contributed by atoms with Crippen LogP contribution in [-0.2, 0) is 6.54 Å². The lowest BCUT2D eigenvalue weighted by Crippen LogP contribution is -2.47. The molecule has 1 saturated heterocycles. The summed E-state index contributed by atoms with van der Waals surface area (Å²) in [5, 5.41) is 10.6. The van der Waals surface area contributed by atoms with Gasteiger partial charge in [-0.2, -0.15) is 0 Å². The highest BCUT2D eigenvalue weighted by Crippen LogP contribution is 2.44. The first-order valence-corrected chi connectivity index (χ1v) is 9.40. The van der Waals surface area contributed by atoms with Gasteiger partial charge in [-0.15, -0.1) is 0 Å². The van der Waals surface area contributed by atoms with Crippen LogP contribution < -0.4 is 14.2 Å². The van der Waals surface area contributed by atoms with Crippen molar-refractivity contribution < 1.29 is 23.7 Å². The maximum absolute atomic E-state index is 10.6. The van der Waals surface area contributed by atoms with E-state index in [0.29, 0.717) is 36.2 Å². The van der Waals surface area contributed by atoms with Crippen molar-refractivity contribution in [3.05, 3.63) is 23.6 Å². The molecule has 0 bridgehead atoms. The van der Waals surface area contributed by atoms with Crippen LogP contribution in [0, 0.1) is 6.92 Å². The molecule has 2 aromatic rings. The first-order chi connectivity index (χ1) is 13.0. The van der Waals surface area contributed by atoms with Crippen LogP contribution in [0.3, 0.4) is 0 Å². The standard InChI is InChI=1S/C20H26N2O5/c1-4-20(23)6-5-7-22(11-20)10-15-13(2)27-19(21-15)14-8-16(24-3)18-17(9-14)25-12-26-18/h8-9,23H,4-7,10-12H2,1-3H3/t20-/m1/s1. The zero-order valence-electron chi connectivity index (χ0n) is 16.1. The predicted octanol–water partition coefficient (Wildman–Crippen LogP) is 3.12. The topological polar surface area (TPSA) is 77.2 Å². The van der Waals surface area contributed by atoms with Crippen molar-refractivity contribution in [2.45, 2.75) is 45.3 Å². The number of oxazole rings is 1. The van der Waals surface area contributed by atoms with Crippen LogP contribution in [0.5, 0.6) is 17.2 Å². The highest BCUT2D eigenvalue weighted by molar-refractivity contribution is 5.66. The number of hydrogen-bond donors (Lipinski definition) is 1. The number of hydrogen-bond acceptors (Lipinski definition) is 7. The van der Waals surface area contributed by atoms with Crippen molar-refractivity contribution >= 4 is 0 Å². The maximum Gasteiger partial charge on any atom is 0.231 e. The second-order valence-electron chi connectivity index (χ2n) is 7.33. The zero-order chi connectivity index (χ0) is 19.0. The molecule has 2 aliphatic heterocycles. The highest BCUT2D eigenvalue weighted by Gasteiger charge is 2.32. The van der Waals surface area contributed by atoms with Gasteiger partial charge in [0, 0.05) is 18.7 Å². The van der Waals surface area contributed by atoms with E-state index in [4.69, 9.17) is 23.6 Å². The van der Waals surface area contributed by atoms with Crippen molar-refractivity contribution in [3.8, 4) is 28.7 Å². The van der Waals surface area contributed by atoms with Crippen molar-refractivity contribution in [2.24, 2.45) is 0 Å². The van der Waals surface area contributed by atoms with E-state index in [9.17, 15) is 5.11 Å². The maximum atomic E-state index is 10.6. The molecule has 27 heavy (non-hydrogen) atoms. The van der Waals surface area contributed by atoms with E-state index in [1.165, 1.54) is 0 Å². The van der Waals surface area contributed by atoms with E-state index in [1.54, 1.807) is 7.11 Å². The summed E-state index contributed by atoms with van der Waals surface area (Å²) in [5.74, 6) is 3.15. The zero-order valence-corrected chi connectivity index (χ0v) is 16.1. The number of piperidine rings is 1. The Morgan fingerprint density at radius 2 is 2.19 bits per heavy atom. The molecule has 7 nitrogen and oxygen atoms in total. The molecule has 0 radical (unpaired) electrons. The van der Waals surface area contributed by atoms with Gasteiger partial charge in [-0.05, 0) is 44.9 Å². The van der Waals surface area contributed by atoms with Crippen LogP contribution in [0.1, 0.15) is 37.6 Å². The van der Waals surface area contributed by atoms with Gasteiger partial charge in [0.1, 0.15) is 5.76 Å². The second kappa shape index (κ2) is 7.05. The molecular formula is C20H26N2O5. The first-order valence-electron chi connectivity index (χ1n) is 9.40. The fourth-order valence-corrected chi connectivity index (χ4v) is 3.79. The largest absolute Gasteiger partial charge is 0.493 e. The monoisotopic (exact) mass is 374 g/mol. The lowest BCUT2D eigenvalue weighted by Gasteiger charge is -2.38. The molecule has 0 unspecified atom stereocenters. The van der Waals surface area contributed by atoms with Crippen LogP contribution in [0.2, 0.25) is 0 Å². The van der Waals surface area contributed by atoms with Crippen LogP contribution in [0.4, 0.5) is 0 Å². The summed E-state index contributed by atoms with van der Waals surface area (Å²) < 4.78 is 22.3. The second-order valence-corrected chi connectivity index (χ2v) is 7.33. The molecule has 0 spiro atoms. The van der Waals surface area contributed by atoms with Gasteiger partial charge in [0.15, 0.2) is 11.5 Å². The van der Waals surface area contributed by atoms with E-state index in [0.717, 1.165) is 42.8 Å². The van der Waals surface area contributed by atoms with Crippen molar-refractivity contribution in [1.82, 2.24) is 9.88 Å². The first kappa shape index (κ1) is 18.1. The van der Waals surface area contributed by atoms with Crippen LogP contribution in [-0.4, -0.2) is 47.6 Å². The number of aryl methyl sites for hydroxylation is 1. The molecule has 1 aromatic heterocycles. The fraction of sp³-hybridized carbons (Fsp3) is 0.550. The summed E-state index contributed by atoms with van der Waals surface area (Å²) in [4.78, 5) is 6.96. The number of ether oxygens (including phenoxy) is 3. The molecule has 0 saturated carbocycles. The molecule has 4 rings (SSSR count). The minimum atomic E-state index is -0.594. The normalized spacial score (nSPS) is 22.2. The number of aromatic nitrogens is 1. The van der Waals surface area contributed by atoms with Gasteiger partial charge in [-0.1, -0.05) is 6.92 Å². The smallest absolute Gasteiger partial charge is 0.231 e. The number of benzene rings is 1. The Kier molecular flexibility index (Phi) is 4.74. The van der Waals surface area contributed by atoms with Gasteiger partial charge in [-0.25, -0.2) is 4.98 Å². The third-order valence-corrected chi connectivity index (χ3v) is 5.46. The minimum Gasteiger partial charge on any atom is -0.493 e. The molecule has 1 aromatic carbocycles. The Morgan fingerprint density at radius 1 is 1.33 bits per heavy atom. The number of β-amino-alcohol motifs (C(OH)–C–C–N with tert-alkyl or cyclic N) is 1. The summed E-state index contributed by atoms with van der Waals surface area (Å²) in [6.07, 6.45) is 2.62. The van der Waals surface area contributed by atoms with Crippen LogP contribution in [0.25, 0.3) is 11.5 Å². The summed E-state index contributed by atoms with van der Waals surface area (Å²) in [6, 6.07) is 3.70. The number of rotatable bonds is 5. The molecule has 0 amide bonds. The van der Waals surface area contributed by atoms with Gasteiger partial charge >= 0.3 is 0 Å². The number of nitrogens with zero attached hydrogens (tertiary/aromatic N) is 2. The fourth-order valence-electron chi connectivity index (χ4n) is 3.79. The summed E-state index contributed by atoms with van der Waals surface area (Å²) in [5.41, 5.74) is 1.08. The third-order valence-electron chi connectivity index (χ3n) is 5.46. The number of aliphatic hydroxyl groups is 1. The van der Waals surface area contributed by atoms with Gasteiger partial charge in [0.2, 0.25) is 18.4 Å². The Labute approximate surface area is 158 Å². The Balaban J connectivity index is 1.57. The molecular weight excluding hydrogens is 348 g/mol. The van der Waals surface area contributed by atoms with Crippen LogP contribution in [0.15, 0.2) is 16.5 Å². The number of likely N-dealkylation sites (tertiary alicyclic amines) is 1. The van der Waals surface area contributed by atoms with Crippen molar-refractivity contribution in [2.75, 3.05) is 27.0 Å². The molecule has 2 aliphatic rings. The van der Waals surface area contributed by atoms with Gasteiger partial charge in [-0.3, -0.25) is 4.90 Å². The molecule has 1 N–H and O–H groups in total. The Hall–Kier alpha value is -2.25. The molecule has 3 heterocycles. The van der Waals surface area contributed by atoms with E-state index < -0.39 is 5.60 Å². The van der Waals surface area contributed by atoms with E-state index >= 15 is 0 Å². The average molecular weight is 374 g/mol. The van der Waals surface area contributed by atoms with E-state index in [-0.39, 0.29) is 6.79 Å². The van der Waals surface area contributed by atoms with E-state index in [1.807, 2.05) is 26.0 Å². The molecule has 146 valence electrons. The SMILES string of the molecule is CC[C@@]1(O)CCCN(Cc2nc(-c3cc(OC)c4c(c3)OCO4)oc2C)C1. The summed E-state index contributed by atoms with van der Waals surface area (Å²) >= 11 is 0. The van der Waals surface area contributed by atoms with E-state index in [2.05, 4.69) is 4.90 Å².